The van der Waals surface area contributed by atoms with E-state index in [4.69, 9.17) is 4.74 Å². The second-order valence-electron chi connectivity index (χ2n) is 5.82. The molecule has 0 spiro atoms. The highest BCUT2D eigenvalue weighted by molar-refractivity contribution is 7.16. The van der Waals surface area contributed by atoms with Gasteiger partial charge in [0.1, 0.15) is 16.8 Å². The average Bonchev–Trinajstić information content (AvgIpc) is 2.89. The van der Waals surface area contributed by atoms with E-state index in [1.54, 1.807) is 12.1 Å². The molecule has 1 aliphatic rings. The van der Waals surface area contributed by atoms with Gasteiger partial charge in [0.15, 0.2) is 6.61 Å². The molecule has 2 aromatic rings. The van der Waals surface area contributed by atoms with Gasteiger partial charge in [0.05, 0.1) is 5.56 Å². The zero-order valence-corrected chi connectivity index (χ0v) is 13.8. The number of anilines is 1. The van der Waals surface area contributed by atoms with Crippen molar-refractivity contribution in [1.82, 2.24) is 0 Å². The van der Waals surface area contributed by atoms with Gasteiger partial charge >= 0.3 is 0 Å². The quantitative estimate of drug-likeness (QED) is 0.930. The molecule has 0 saturated carbocycles. The Bertz CT molecular complexity index is 746. The normalized spacial score (nSPS) is 16.3. The predicted octanol–water partition coefficient (Wildman–Crippen LogP) is 3.76. The van der Waals surface area contributed by atoms with Crippen LogP contribution in [0.25, 0.3) is 0 Å². The van der Waals surface area contributed by atoms with E-state index in [2.05, 4.69) is 18.3 Å². The summed E-state index contributed by atoms with van der Waals surface area (Å²) in [5.41, 5.74) is 1.75. The van der Waals surface area contributed by atoms with Gasteiger partial charge in [-0.05, 0) is 42.9 Å². The highest BCUT2D eigenvalue weighted by atomic mass is 32.1. The van der Waals surface area contributed by atoms with Crippen LogP contribution in [0.1, 0.15) is 29.3 Å². The fourth-order valence-electron chi connectivity index (χ4n) is 2.79. The van der Waals surface area contributed by atoms with Crippen molar-refractivity contribution in [3.63, 3.8) is 0 Å². The minimum absolute atomic E-state index is 0.0617. The van der Waals surface area contributed by atoms with E-state index in [9.17, 15) is 10.1 Å². The summed E-state index contributed by atoms with van der Waals surface area (Å²) in [6, 6.07) is 11.5. The number of rotatable bonds is 4. The van der Waals surface area contributed by atoms with Crippen LogP contribution in [-0.4, -0.2) is 12.5 Å². The van der Waals surface area contributed by atoms with Gasteiger partial charge in [0.25, 0.3) is 5.91 Å². The van der Waals surface area contributed by atoms with Gasteiger partial charge in [-0.15, -0.1) is 11.3 Å². The topological polar surface area (TPSA) is 62.1 Å². The van der Waals surface area contributed by atoms with Gasteiger partial charge in [-0.2, -0.15) is 5.26 Å². The second-order valence-corrected chi connectivity index (χ2v) is 6.92. The maximum absolute atomic E-state index is 12.1. The number of carbonyl (C=O) groups excluding carboxylic acids is 1. The van der Waals surface area contributed by atoms with Crippen LogP contribution in [0.3, 0.4) is 0 Å². The average molecular weight is 326 g/mol. The van der Waals surface area contributed by atoms with Crippen LogP contribution in [0.2, 0.25) is 0 Å². The van der Waals surface area contributed by atoms with E-state index in [1.165, 1.54) is 16.2 Å². The number of nitriles is 1. The molecule has 0 saturated heterocycles. The van der Waals surface area contributed by atoms with Crippen LogP contribution in [0.4, 0.5) is 5.00 Å². The van der Waals surface area contributed by atoms with Crippen molar-refractivity contribution in [1.29, 1.82) is 5.26 Å². The Morgan fingerprint density at radius 1 is 1.43 bits per heavy atom. The van der Waals surface area contributed by atoms with Crippen LogP contribution < -0.4 is 10.1 Å². The lowest BCUT2D eigenvalue weighted by molar-refractivity contribution is -0.118. The van der Waals surface area contributed by atoms with Crippen LogP contribution >= 0.6 is 11.3 Å². The number of fused-ring (bicyclic) bond motifs is 1. The monoisotopic (exact) mass is 326 g/mol. The number of hydrogen-bond donors (Lipinski definition) is 1. The lowest BCUT2D eigenvalue weighted by atomic mass is 9.89. The van der Waals surface area contributed by atoms with E-state index in [-0.39, 0.29) is 12.5 Å². The Hall–Kier alpha value is -2.32. The molecule has 0 fully saturated rings. The van der Waals surface area contributed by atoms with E-state index in [0.717, 1.165) is 24.8 Å². The first-order chi connectivity index (χ1) is 11.2. The van der Waals surface area contributed by atoms with Crippen LogP contribution in [-0.2, 0) is 17.6 Å². The van der Waals surface area contributed by atoms with Gasteiger partial charge < -0.3 is 10.1 Å². The number of hydrogen-bond acceptors (Lipinski definition) is 4. The number of thiophene rings is 1. The first-order valence-corrected chi connectivity index (χ1v) is 8.51. The van der Waals surface area contributed by atoms with Crippen LogP contribution in [0.5, 0.6) is 5.75 Å². The largest absolute Gasteiger partial charge is 0.484 e. The summed E-state index contributed by atoms with van der Waals surface area (Å²) in [7, 11) is 0. The molecule has 1 aromatic heterocycles. The third-order valence-electron chi connectivity index (χ3n) is 3.99. The molecule has 5 heteroatoms. The number of nitrogens with one attached hydrogen (secondary N) is 1. The van der Waals surface area contributed by atoms with Crippen molar-refractivity contribution in [2.24, 2.45) is 5.92 Å². The molecule has 1 unspecified atom stereocenters. The van der Waals surface area contributed by atoms with E-state index >= 15 is 0 Å². The molecule has 1 aromatic carbocycles. The molecule has 0 radical (unpaired) electrons. The van der Waals surface area contributed by atoms with E-state index in [0.29, 0.717) is 22.2 Å². The number of nitrogens with zero attached hydrogens (tertiary/aromatic N) is 1. The summed E-state index contributed by atoms with van der Waals surface area (Å²) >= 11 is 1.53. The molecule has 1 aliphatic carbocycles. The standard InChI is InChI=1S/C18H18N2O2S/c1-12-7-8-14-15(10-19)18(23-16(14)9-12)20-17(21)11-22-13-5-3-2-4-6-13/h2-6,12H,7-9,11H2,1H3,(H,20,21). The Labute approximate surface area is 139 Å². The molecule has 23 heavy (non-hydrogen) atoms. The van der Waals surface area contributed by atoms with Gasteiger partial charge in [-0.3, -0.25) is 4.79 Å². The third kappa shape index (κ3) is 3.54. The van der Waals surface area contributed by atoms with E-state index < -0.39 is 0 Å². The zero-order valence-electron chi connectivity index (χ0n) is 13.0. The molecule has 1 atom stereocenters. The highest BCUT2D eigenvalue weighted by Gasteiger charge is 2.24. The number of benzene rings is 1. The smallest absolute Gasteiger partial charge is 0.262 e. The molecule has 118 valence electrons. The highest BCUT2D eigenvalue weighted by Crippen LogP contribution is 2.39. The number of amides is 1. The van der Waals surface area contributed by atoms with Crippen LogP contribution in [0, 0.1) is 17.2 Å². The van der Waals surface area contributed by atoms with Crippen molar-refractivity contribution < 1.29 is 9.53 Å². The molecule has 3 rings (SSSR count). The lowest BCUT2D eigenvalue weighted by Gasteiger charge is -2.17. The molecule has 0 bridgehead atoms. The van der Waals surface area contributed by atoms with Gasteiger partial charge in [-0.25, -0.2) is 0 Å². The summed E-state index contributed by atoms with van der Waals surface area (Å²) in [6.07, 6.45) is 3.01. The Morgan fingerprint density at radius 3 is 2.96 bits per heavy atom. The van der Waals surface area contributed by atoms with Crippen molar-refractivity contribution >= 4 is 22.2 Å². The zero-order chi connectivity index (χ0) is 16.2. The fraction of sp³-hybridized carbons (Fsp3) is 0.333. The van der Waals surface area contributed by atoms with Crippen molar-refractivity contribution in [2.75, 3.05) is 11.9 Å². The van der Waals surface area contributed by atoms with Crippen molar-refractivity contribution in [3.05, 3.63) is 46.3 Å². The molecule has 4 nitrogen and oxygen atoms in total. The summed E-state index contributed by atoms with van der Waals surface area (Å²) in [4.78, 5) is 13.3. The molecule has 0 aliphatic heterocycles. The third-order valence-corrected chi connectivity index (χ3v) is 5.16. The summed E-state index contributed by atoms with van der Waals surface area (Å²) in [6.45, 7) is 2.16. The van der Waals surface area contributed by atoms with E-state index in [1.807, 2.05) is 18.2 Å². The number of ether oxygens (including phenoxy) is 1. The van der Waals surface area contributed by atoms with Gasteiger partial charge in [-0.1, -0.05) is 25.1 Å². The van der Waals surface area contributed by atoms with Crippen molar-refractivity contribution in [3.8, 4) is 11.8 Å². The minimum atomic E-state index is -0.239. The van der Waals surface area contributed by atoms with Gasteiger partial charge in [0, 0.05) is 4.88 Å². The Kier molecular flexibility index (Phi) is 4.63. The molecular formula is C18H18N2O2S. The molecule has 1 heterocycles. The van der Waals surface area contributed by atoms with Crippen molar-refractivity contribution in [2.45, 2.75) is 26.2 Å². The SMILES string of the molecule is CC1CCc2c(sc(NC(=O)COc3ccccc3)c2C#N)C1. The Morgan fingerprint density at radius 2 is 2.22 bits per heavy atom. The molecular weight excluding hydrogens is 308 g/mol. The predicted molar refractivity (Wildman–Crippen MR) is 90.8 cm³/mol. The molecule has 1 N–H and O–H groups in total. The first-order valence-electron chi connectivity index (χ1n) is 7.69. The fourth-order valence-corrected chi connectivity index (χ4v) is 4.16. The van der Waals surface area contributed by atoms with Crippen LogP contribution in [0.15, 0.2) is 30.3 Å². The summed E-state index contributed by atoms with van der Waals surface area (Å²) in [5.74, 6) is 1.05. The minimum Gasteiger partial charge on any atom is -0.484 e. The lowest BCUT2D eigenvalue weighted by Crippen LogP contribution is -2.20. The Balaban J connectivity index is 1.68. The first kappa shape index (κ1) is 15.6. The maximum Gasteiger partial charge on any atom is 0.262 e. The summed E-state index contributed by atoms with van der Waals surface area (Å²) < 4.78 is 5.44. The second kappa shape index (κ2) is 6.84. The van der Waals surface area contributed by atoms with Gasteiger partial charge in [0.2, 0.25) is 0 Å². The maximum atomic E-state index is 12.1. The number of para-hydroxylation sites is 1. The summed E-state index contributed by atoms with van der Waals surface area (Å²) in [5, 5.41) is 12.9. The number of carbonyl (C=O) groups is 1. The molecule has 1 amide bonds.